The lowest BCUT2D eigenvalue weighted by Crippen LogP contribution is -2.56. The van der Waals surface area contributed by atoms with E-state index in [-0.39, 0.29) is 11.6 Å². The summed E-state index contributed by atoms with van der Waals surface area (Å²) in [7, 11) is 0. The Morgan fingerprint density at radius 1 is 0.939 bits per heavy atom. The van der Waals surface area contributed by atoms with Gasteiger partial charge in [0.1, 0.15) is 5.60 Å². The van der Waals surface area contributed by atoms with Crippen molar-refractivity contribution in [3.05, 3.63) is 12.2 Å². The number of esters is 1. The molecule has 5 rings (SSSR count). The fraction of sp³-hybridized carbons (Fsp3) is 0.903. The molecule has 1 aliphatic heterocycles. The first kappa shape index (κ1) is 23.9. The van der Waals surface area contributed by atoms with Crippen LogP contribution in [0.5, 0.6) is 0 Å². The van der Waals surface area contributed by atoms with Gasteiger partial charge >= 0.3 is 5.97 Å². The number of carbonyl (C=O) groups excluding carboxylic acids is 1. The van der Waals surface area contributed by atoms with E-state index in [4.69, 9.17) is 4.74 Å². The first-order valence-corrected chi connectivity index (χ1v) is 14.5. The Morgan fingerprint density at radius 3 is 2.39 bits per heavy atom. The van der Waals surface area contributed by atoms with Crippen LogP contribution in [0.25, 0.3) is 0 Å². The van der Waals surface area contributed by atoms with Crippen LogP contribution >= 0.6 is 0 Å². The number of rotatable bonds is 5. The molecule has 9 atom stereocenters. The van der Waals surface area contributed by atoms with Gasteiger partial charge in [-0.2, -0.15) is 0 Å². The fourth-order valence-corrected chi connectivity index (χ4v) is 10.4. The third kappa shape index (κ3) is 3.85. The second kappa shape index (κ2) is 8.41. The van der Waals surface area contributed by atoms with Crippen molar-refractivity contribution in [1.29, 1.82) is 0 Å². The van der Waals surface area contributed by atoms with Crippen molar-refractivity contribution >= 4 is 5.97 Å². The van der Waals surface area contributed by atoms with Crippen LogP contribution in [0.3, 0.4) is 0 Å². The highest BCUT2D eigenvalue weighted by Gasteiger charge is 2.62. The third-order valence-corrected chi connectivity index (χ3v) is 12.1. The van der Waals surface area contributed by atoms with E-state index in [1.807, 2.05) is 0 Å². The van der Waals surface area contributed by atoms with Gasteiger partial charge in [-0.25, -0.2) is 4.79 Å². The van der Waals surface area contributed by atoms with Gasteiger partial charge in [0.15, 0.2) is 0 Å². The van der Waals surface area contributed by atoms with Gasteiger partial charge in [-0.15, -0.1) is 0 Å². The van der Waals surface area contributed by atoms with Gasteiger partial charge < -0.3 is 4.74 Å². The molecule has 1 heterocycles. The van der Waals surface area contributed by atoms with E-state index in [1.165, 1.54) is 64.2 Å². The molecular formula is C31H50O2. The SMILES string of the molecule is C=C1CC2(CC[C@@]3(C)[C@@H](CC[C@@H]4[C@@H]3CC[C@]3(C)[C@@H]([C@H](C)CCCC(C)C)CC[C@@H]43)C2)OC1=O. The Hall–Kier alpha value is -0.790. The van der Waals surface area contributed by atoms with Gasteiger partial charge in [0.05, 0.1) is 0 Å². The highest BCUT2D eigenvalue weighted by atomic mass is 16.6. The van der Waals surface area contributed by atoms with Crippen molar-refractivity contribution in [2.75, 3.05) is 0 Å². The van der Waals surface area contributed by atoms with Gasteiger partial charge in [0, 0.05) is 12.0 Å². The maximum absolute atomic E-state index is 12.1. The molecule has 1 spiro atoms. The Labute approximate surface area is 203 Å². The summed E-state index contributed by atoms with van der Waals surface area (Å²) in [5.41, 5.74) is 1.53. The lowest BCUT2D eigenvalue weighted by Gasteiger charge is -2.62. The van der Waals surface area contributed by atoms with Crippen molar-refractivity contribution in [3.8, 4) is 0 Å². The van der Waals surface area contributed by atoms with Crippen molar-refractivity contribution in [2.24, 2.45) is 52.3 Å². The van der Waals surface area contributed by atoms with Crippen molar-refractivity contribution < 1.29 is 9.53 Å². The van der Waals surface area contributed by atoms with Crippen molar-refractivity contribution in [2.45, 2.75) is 124 Å². The first-order chi connectivity index (χ1) is 15.6. The average Bonchev–Trinajstić information content (AvgIpc) is 3.24. The summed E-state index contributed by atoms with van der Waals surface area (Å²) < 4.78 is 5.97. The van der Waals surface area contributed by atoms with E-state index in [2.05, 4.69) is 41.2 Å². The Kier molecular flexibility index (Phi) is 6.10. The number of fused-ring (bicyclic) bond motifs is 5. The maximum Gasteiger partial charge on any atom is 0.334 e. The summed E-state index contributed by atoms with van der Waals surface area (Å²) in [6, 6.07) is 0. The van der Waals surface area contributed by atoms with Crippen LogP contribution in [0.15, 0.2) is 12.2 Å². The Bertz CT molecular complexity index is 766. The smallest absolute Gasteiger partial charge is 0.334 e. The largest absolute Gasteiger partial charge is 0.455 e. The summed E-state index contributed by atoms with van der Waals surface area (Å²) >= 11 is 0. The molecule has 0 aromatic heterocycles. The van der Waals surface area contributed by atoms with Crippen LogP contribution in [0.1, 0.15) is 118 Å². The van der Waals surface area contributed by atoms with Crippen LogP contribution < -0.4 is 0 Å². The molecule has 0 aromatic carbocycles. The zero-order chi connectivity index (χ0) is 23.6. The monoisotopic (exact) mass is 454 g/mol. The lowest BCUT2D eigenvalue weighted by atomic mass is 9.43. The number of hydrogen-bond acceptors (Lipinski definition) is 2. The molecule has 4 aliphatic carbocycles. The molecule has 5 fully saturated rings. The molecule has 4 saturated carbocycles. The van der Waals surface area contributed by atoms with E-state index in [0.717, 1.165) is 60.7 Å². The molecule has 2 heteroatoms. The molecular weight excluding hydrogens is 404 g/mol. The highest BCUT2D eigenvalue weighted by molar-refractivity contribution is 5.90. The highest BCUT2D eigenvalue weighted by Crippen LogP contribution is 2.69. The summed E-state index contributed by atoms with van der Waals surface area (Å²) in [4.78, 5) is 12.1. The van der Waals surface area contributed by atoms with Crippen LogP contribution in [0.4, 0.5) is 0 Å². The van der Waals surface area contributed by atoms with Crippen LogP contribution in [-0.2, 0) is 9.53 Å². The molecule has 1 unspecified atom stereocenters. The second-order valence-corrected chi connectivity index (χ2v) is 14.2. The molecule has 0 amide bonds. The minimum absolute atomic E-state index is 0.125. The van der Waals surface area contributed by atoms with Crippen LogP contribution in [0, 0.1) is 52.3 Å². The quantitative estimate of drug-likeness (QED) is 0.308. The molecule has 0 N–H and O–H groups in total. The number of ether oxygens (including phenoxy) is 1. The Balaban J connectivity index is 1.28. The summed E-state index contributed by atoms with van der Waals surface area (Å²) in [6.45, 7) is 16.7. The molecule has 2 nitrogen and oxygen atoms in total. The Morgan fingerprint density at radius 2 is 1.70 bits per heavy atom. The minimum atomic E-state index is -0.210. The zero-order valence-electron chi connectivity index (χ0n) is 22.3. The zero-order valence-corrected chi connectivity index (χ0v) is 22.3. The molecule has 33 heavy (non-hydrogen) atoms. The number of hydrogen-bond donors (Lipinski definition) is 0. The second-order valence-electron chi connectivity index (χ2n) is 14.2. The normalized spacial score (nSPS) is 47.9. The van der Waals surface area contributed by atoms with E-state index >= 15 is 0 Å². The van der Waals surface area contributed by atoms with Crippen molar-refractivity contribution in [3.63, 3.8) is 0 Å². The molecule has 5 aliphatic rings. The van der Waals surface area contributed by atoms with Gasteiger partial charge in [-0.3, -0.25) is 0 Å². The van der Waals surface area contributed by atoms with Gasteiger partial charge in [-0.05, 0) is 110 Å². The van der Waals surface area contributed by atoms with Crippen LogP contribution in [0.2, 0.25) is 0 Å². The summed E-state index contributed by atoms with van der Waals surface area (Å²) in [6.07, 6.45) is 17.1. The predicted octanol–water partition coefficient (Wildman–Crippen LogP) is 8.35. The van der Waals surface area contributed by atoms with E-state index in [0.29, 0.717) is 16.4 Å². The lowest BCUT2D eigenvalue weighted by molar-refractivity contribution is -0.170. The van der Waals surface area contributed by atoms with Crippen LogP contribution in [-0.4, -0.2) is 11.6 Å². The fourth-order valence-electron chi connectivity index (χ4n) is 10.4. The summed E-state index contributed by atoms with van der Waals surface area (Å²) in [5, 5.41) is 0. The van der Waals surface area contributed by atoms with Gasteiger partial charge in [0.25, 0.3) is 0 Å². The van der Waals surface area contributed by atoms with Crippen molar-refractivity contribution in [1.82, 2.24) is 0 Å². The molecule has 186 valence electrons. The third-order valence-electron chi connectivity index (χ3n) is 12.1. The minimum Gasteiger partial charge on any atom is -0.455 e. The van der Waals surface area contributed by atoms with Gasteiger partial charge in [0.2, 0.25) is 0 Å². The maximum atomic E-state index is 12.1. The topological polar surface area (TPSA) is 26.3 Å². The van der Waals surface area contributed by atoms with Gasteiger partial charge in [-0.1, -0.05) is 60.5 Å². The first-order valence-electron chi connectivity index (χ1n) is 14.5. The predicted molar refractivity (Wildman–Crippen MR) is 136 cm³/mol. The van der Waals surface area contributed by atoms with E-state index < -0.39 is 0 Å². The molecule has 0 radical (unpaired) electrons. The average molecular weight is 455 g/mol. The molecule has 0 aromatic rings. The number of carbonyl (C=O) groups is 1. The van der Waals surface area contributed by atoms with E-state index in [9.17, 15) is 4.79 Å². The standard InChI is InChI=1S/C31H50O2/c1-20(2)8-7-9-21(3)25-12-13-26-24-11-10-23-19-31(18-22(4)28(32)33-31)17-16-29(23,5)27(24)14-15-30(25,26)6/h20-21,23-27H,4,7-19H2,1-3,5-6H3/t21-,23+,24+,25-,26+,27+,29+,30-,31?/m1/s1. The molecule has 0 bridgehead atoms. The molecule has 1 saturated heterocycles. The van der Waals surface area contributed by atoms with E-state index in [1.54, 1.807) is 0 Å². The summed E-state index contributed by atoms with van der Waals surface area (Å²) in [5.74, 6) is 6.06.